The van der Waals surface area contributed by atoms with Crippen LogP contribution in [0, 0.1) is 29.1 Å². The van der Waals surface area contributed by atoms with Gasteiger partial charge in [-0.25, -0.2) is 4.79 Å². The third kappa shape index (κ3) is 2.24. The summed E-state index contributed by atoms with van der Waals surface area (Å²) in [4.78, 5) is 11.3. The second-order valence-electron chi connectivity index (χ2n) is 5.99. The summed E-state index contributed by atoms with van der Waals surface area (Å²) in [6.45, 7) is 5.21. The molecule has 7 nitrogen and oxygen atoms in total. The standard InChI is InChI=1S/C14H17NO6S/c1-7(2)14(16)20-4-3-19-11-8-5-9-12(11)21-22(17,18)13(9)10(8)6-15/h8-13H,1,3-5H2,2H3. The van der Waals surface area contributed by atoms with Crippen molar-refractivity contribution in [1.82, 2.24) is 0 Å². The van der Waals surface area contributed by atoms with Crippen LogP contribution in [0.1, 0.15) is 13.3 Å². The minimum atomic E-state index is -3.68. The number of carbonyl (C=O) groups is 1. The molecule has 6 unspecified atom stereocenters. The lowest BCUT2D eigenvalue weighted by Crippen LogP contribution is -2.41. The van der Waals surface area contributed by atoms with Crippen LogP contribution in [0.4, 0.5) is 0 Å². The first-order valence-electron chi connectivity index (χ1n) is 7.13. The smallest absolute Gasteiger partial charge is 0.333 e. The van der Waals surface area contributed by atoms with Crippen molar-refractivity contribution in [2.75, 3.05) is 13.2 Å². The van der Waals surface area contributed by atoms with Gasteiger partial charge in [-0.1, -0.05) is 6.58 Å². The van der Waals surface area contributed by atoms with Crippen LogP contribution in [-0.2, 0) is 28.6 Å². The van der Waals surface area contributed by atoms with E-state index in [9.17, 15) is 18.5 Å². The van der Waals surface area contributed by atoms with Crippen LogP contribution >= 0.6 is 0 Å². The van der Waals surface area contributed by atoms with Gasteiger partial charge in [0.1, 0.15) is 18.0 Å². The number of ether oxygens (including phenoxy) is 2. The summed E-state index contributed by atoms with van der Waals surface area (Å²) in [5.74, 6) is -1.38. The predicted octanol–water partition coefficient (Wildman–Crippen LogP) is 0.378. The van der Waals surface area contributed by atoms with Crippen molar-refractivity contribution in [3.8, 4) is 6.07 Å². The van der Waals surface area contributed by atoms with Crippen LogP contribution in [0.15, 0.2) is 12.2 Å². The molecule has 1 saturated heterocycles. The number of nitriles is 1. The molecule has 0 aromatic carbocycles. The summed E-state index contributed by atoms with van der Waals surface area (Å²) >= 11 is 0. The SMILES string of the molecule is C=C(C)C(=O)OCCOC1C2CC3C1OS(=O)(=O)C3C2C#N. The molecule has 120 valence electrons. The van der Waals surface area contributed by atoms with Crippen molar-refractivity contribution in [3.05, 3.63) is 12.2 Å². The summed E-state index contributed by atoms with van der Waals surface area (Å²) in [6, 6.07) is 2.10. The van der Waals surface area contributed by atoms with E-state index < -0.39 is 39.5 Å². The Balaban J connectivity index is 1.61. The van der Waals surface area contributed by atoms with Crippen LogP contribution < -0.4 is 0 Å². The lowest BCUT2D eigenvalue weighted by atomic mass is 9.85. The van der Waals surface area contributed by atoms with Crippen LogP contribution in [0.5, 0.6) is 0 Å². The van der Waals surface area contributed by atoms with Gasteiger partial charge in [0.2, 0.25) is 0 Å². The minimum Gasteiger partial charge on any atom is -0.460 e. The Morgan fingerprint density at radius 1 is 1.41 bits per heavy atom. The molecule has 1 aliphatic heterocycles. The molecule has 8 heteroatoms. The number of esters is 1. The molecule has 1 heterocycles. The fourth-order valence-electron chi connectivity index (χ4n) is 3.82. The van der Waals surface area contributed by atoms with Crippen molar-refractivity contribution >= 4 is 16.1 Å². The summed E-state index contributed by atoms with van der Waals surface area (Å²) in [6.07, 6.45) is -0.323. The average molecular weight is 327 g/mol. The van der Waals surface area contributed by atoms with Crippen LogP contribution in [0.2, 0.25) is 0 Å². The Bertz CT molecular complexity index is 651. The molecule has 6 atom stereocenters. The molecular weight excluding hydrogens is 310 g/mol. The van der Waals surface area contributed by atoms with Gasteiger partial charge in [0, 0.05) is 17.4 Å². The molecule has 22 heavy (non-hydrogen) atoms. The Hall–Kier alpha value is -1.43. The molecule has 3 aliphatic rings. The maximum absolute atomic E-state index is 12.0. The summed E-state index contributed by atoms with van der Waals surface area (Å²) < 4.78 is 39.7. The number of rotatable bonds is 5. The lowest BCUT2D eigenvalue weighted by molar-refractivity contribution is -0.142. The predicted molar refractivity (Wildman–Crippen MR) is 73.8 cm³/mol. The van der Waals surface area contributed by atoms with Crippen molar-refractivity contribution in [3.63, 3.8) is 0 Å². The van der Waals surface area contributed by atoms with Gasteiger partial charge in [-0.15, -0.1) is 0 Å². The van der Waals surface area contributed by atoms with Crippen LogP contribution in [0.3, 0.4) is 0 Å². The fraction of sp³-hybridized carbons (Fsp3) is 0.714. The van der Waals surface area contributed by atoms with Crippen LogP contribution in [0.25, 0.3) is 0 Å². The van der Waals surface area contributed by atoms with E-state index in [1.165, 1.54) is 0 Å². The van der Waals surface area contributed by atoms with Gasteiger partial charge in [-0.05, 0) is 13.3 Å². The number of nitrogens with zero attached hydrogens (tertiary/aromatic N) is 1. The van der Waals surface area contributed by atoms with Gasteiger partial charge in [-0.3, -0.25) is 4.18 Å². The molecule has 0 N–H and O–H groups in total. The molecule has 0 aromatic heterocycles. The zero-order valence-electron chi connectivity index (χ0n) is 12.1. The van der Waals surface area contributed by atoms with Gasteiger partial charge >= 0.3 is 5.97 Å². The van der Waals surface area contributed by atoms with Gasteiger partial charge in [0.25, 0.3) is 10.1 Å². The van der Waals surface area contributed by atoms with Gasteiger partial charge in [-0.2, -0.15) is 13.7 Å². The Morgan fingerprint density at radius 3 is 2.77 bits per heavy atom. The first-order valence-corrected chi connectivity index (χ1v) is 8.60. The van der Waals surface area contributed by atoms with E-state index in [2.05, 4.69) is 12.6 Å². The highest BCUT2D eigenvalue weighted by molar-refractivity contribution is 7.87. The quantitative estimate of drug-likeness (QED) is 0.311. The average Bonchev–Trinajstić information content (AvgIpc) is 3.03. The van der Waals surface area contributed by atoms with Crippen molar-refractivity contribution in [1.29, 1.82) is 5.26 Å². The van der Waals surface area contributed by atoms with Crippen molar-refractivity contribution in [2.45, 2.75) is 30.8 Å². The summed E-state index contributed by atoms with van der Waals surface area (Å²) in [5.41, 5.74) is 0.303. The molecule has 0 aromatic rings. The molecule has 0 radical (unpaired) electrons. The third-order valence-electron chi connectivity index (χ3n) is 4.65. The summed E-state index contributed by atoms with van der Waals surface area (Å²) in [7, 11) is -3.68. The molecule has 0 amide bonds. The van der Waals surface area contributed by atoms with Crippen LogP contribution in [-0.4, -0.2) is 45.1 Å². The highest BCUT2D eigenvalue weighted by atomic mass is 32.2. The number of hydrogen-bond acceptors (Lipinski definition) is 7. The Labute approximate surface area is 129 Å². The fourth-order valence-corrected chi connectivity index (χ4v) is 5.83. The highest BCUT2D eigenvalue weighted by Crippen LogP contribution is 2.58. The molecule has 3 fully saturated rings. The highest BCUT2D eigenvalue weighted by Gasteiger charge is 2.69. The molecule has 2 bridgehead atoms. The van der Waals surface area contributed by atoms with Gasteiger partial charge < -0.3 is 9.47 Å². The first kappa shape index (κ1) is 15.5. The first-order chi connectivity index (χ1) is 10.4. The maximum atomic E-state index is 12.0. The zero-order chi connectivity index (χ0) is 16.1. The zero-order valence-corrected chi connectivity index (χ0v) is 12.9. The number of fused-ring (bicyclic) bond motifs is 1. The van der Waals surface area contributed by atoms with Gasteiger partial charge in [0.15, 0.2) is 0 Å². The van der Waals surface area contributed by atoms with E-state index in [1.54, 1.807) is 6.92 Å². The Morgan fingerprint density at radius 2 is 2.14 bits per heavy atom. The normalized spacial score (nSPS) is 40.4. The molecule has 2 aliphatic carbocycles. The molecule has 0 spiro atoms. The largest absolute Gasteiger partial charge is 0.460 e. The van der Waals surface area contributed by atoms with Crippen molar-refractivity contribution in [2.24, 2.45) is 17.8 Å². The third-order valence-corrected chi connectivity index (χ3v) is 6.45. The minimum absolute atomic E-state index is 0.0553. The second kappa shape index (κ2) is 5.33. The van der Waals surface area contributed by atoms with Crippen molar-refractivity contribution < 1.29 is 26.9 Å². The molecular formula is C14H17NO6S. The molecule has 2 saturated carbocycles. The molecule has 3 rings (SSSR count). The topological polar surface area (TPSA) is 103 Å². The monoisotopic (exact) mass is 327 g/mol. The van der Waals surface area contributed by atoms with Gasteiger partial charge in [0.05, 0.1) is 24.7 Å². The lowest BCUT2D eigenvalue weighted by Gasteiger charge is -2.28. The second-order valence-corrected chi connectivity index (χ2v) is 7.71. The van der Waals surface area contributed by atoms with E-state index in [1.807, 2.05) is 0 Å². The number of carbonyl (C=O) groups excluding carboxylic acids is 1. The van der Waals surface area contributed by atoms with E-state index >= 15 is 0 Å². The summed E-state index contributed by atoms with van der Waals surface area (Å²) in [5, 5.41) is 8.54. The van der Waals surface area contributed by atoms with E-state index in [0.717, 1.165) is 0 Å². The maximum Gasteiger partial charge on any atom is 0.333 e. The van der Waals surface area contributed by atoms with E-state index in [0.29, 0.717) is 12.0 Å². The number of hydrogen-bond donors (Lipinski definition) is 0. The Kier molecular flexibility index (Phi) is 3.75. The van der Waals surface area contributed by atoms with E-state index in [4.69, 9.17) is 13.7 Å². The van der Waals surface area contributed by atoms with E-state index in [-0.39, 0.29) is 25.0 Å².